The number of anilines is 2. The lowest BCUT2D eigenvalue weighted by atomic mass is 9.86. The van der Waals surface area contributed by atoms with Gasteiger partial charge in [0.15, 0.2) is 0 Å². The third kappa shape index (κ3) is 3.47. The minimum Gasteiger partial charge on any atom is -0.497 e. The van der Waals surface area contributed by atoms with E-state index in [0.29, 0.717) is 26.1 Å². The van der Waals surface area contributed by atoms with E-state index < -0.39 is 0 Å². The second-order valence-corrected chi connectivity index (χ2v) is 7.33. The van der Waals surface area contributed by atoms with Gasteiger partial charge >= 0.3 is 6.03 Å². The molecule has 4 rings (SSSR count). The number of ether oxygens (including phenoxy) is 1. The van der Waals surface area contributed by atoms with Crippen molar-refractivity contribution in [3.8, 4) is 5.75 Å². The molecule has 27 heavy (non-hydrogen) atoms. The van der Waals surface area contributed by atoms with Crippen LogP contribution in [0.25, 0.3) is 0 Å². The van der Waals surface area contributed by atoms with Gasteiger partial charge in [0.05, 0.1) is 7.11 Å². The number of methoxy groups -OCH3 is 1. The van der Waals surface area contributed by atoms with Crippen LogP contribution in [0, 0.1) is 5.41 Å². The summed E-state index contributed by atoms with van der Waals surface area (Å²) in [5, 5.41) is 2.93. The number of rotatable bonds is 3. The van der Waals surface area contributed by atoms with E-state index in [1.807, 2.05) is 64.4 Å². The second-order valence-electron chi connectivity index (χ2n) is 7.33. The Morgan fingerprint density at radius 3 is 2.70 bits per heavy atom. The minimum atomic E-state index is -0.172. The van der Waals surface area contributed by atoms with Crippen LogP contribution in [0.5, 0.6) is 5.75 Å². The van der Waals surface area contributed by atoms with E-state index in [9.17, 15) is 9.59 Å². The lowest BCUT2D eigenvalue weighted by Gasteiger charge is -2.24. The molecule has 1 atom stereocenters. The highest BCUT2D eigenvalue weighted by molar-refractivity contribution is 5.97. The molecule has 6 heteroatoms. The van der Waals surface area contributed by atoms with Crippen LogP contribution in [0.1, 0.15) is 12.8 Å². The lowest BCUT2D eigenvalue weighted by molar-refractivity contribution is -0.117. The van der Waals surface area contributed by atoms with Crippen molar-refractivity contribution in [2.24, 2.45) is 5.41 Å². The van der Waals surface area contributed by atoms with E-state index in [4.69, 9.17) is 4.74 Å². The van der Waals surface area contributed by atoms with Crippen molar-refractivity contribution in [1.29, 1.82) is 0 Å². The molecule has 3 amide bonds. The Labute approximate surface area is 158 Å². The van der Waals surface area contributed by atoms with Gasteiger partial charge in [-0.1, -0.05) is 24.3 Å². The number of amides is 3. The zero-order chi connectivity index (χ0) is 18.9. The molecule has 0 bridgehead atoms. The summed E-state index contributed by atoms with van der Waals surface area (Å²) in [7, 11) is 1.62. The number of para-hydroxylation sites is 1. The van der Waals surface area contributed by atoms with Gasteiger partial charge in [0.2, 0.25) is 5.91 Å². The van der Waals surface area contributed by atoms with Crippen LogP contribution in [-0.4, -0.2) is 43.6 Å². The van der Waals surface area contributed by atoms with Gasteiger partial charge in [-0.3, -0.25) is 4.79 Å². The number of hydrogen-bond acceptors (Lipinski definition) is 3. The zero-order valence-electron chi connectivity index (χ0n) is 15.4. The first-order valence-electron chi connectivity index (χ1n) is 9.14. The van der Waals surface area contributed by atoms with Gasteiger partial charge in [-0.2, -0.15) is 0 Å². The minimum absolute atomic E-state index is 0.105. The first-order chi connectivity index (χ1) is 13.1. The Balaban J connectivity index is 1.44. The molecule has 2 saturated heterocycles. The van der Waals surface area contributed by atoms with Gasteiger partial charge in [0.1, 0.15) is 5.75 Å². The summed E-state index contributed by atoms with van der Waals surface area (Å²) in [6.07, 6.45) is 1.31. The number of urea groups is 1. The van der Waals surface area contributed by atoms with Crippen molar-refractivity contribution in [2.75, 3.05) is 37.0 Å². The summed E-state index contributed by atoms with van der Waals surface area (Å²) in [4.78, 5) is 28.9. The quantitative estimate of drug-likeness (QED) is 0.907. The highest BCUT2D eigenvalue weighted by Gasteiger charge is 2.48. The van der Waals surface area contributed by atoms with Crippen LogP contribution in [0.3, 0.4) is 0 Å². The van der Waals surface area contributed by atoms with E-state index in [1.54, 1.807) is 7.11 Å². The molecule has 2 aromatic rings. The third-order valence-electron chi connectivity index (χ3n) is 5.44. The largest absolute Gasteiger partial charge is 0.497 e. The molecule has 0 aliphatic carbocycles. The van der Waals surface area contributed by atoms with Crippen LogP contribution in [-0.2, 0) is 4.79 Å². The van der Waals surface area contributed by atoms with E-state index >= 15 is 0 Å². The van der Waals surface area contributed by atoms with Gasteiger partial charge in [-0.05, 0) is 30.7 Å². The van der Waals surface area contributed by atoms with Gasteiger partial charge in [-0.15, -0.1) is 0 Å². The molecule has 2 aromatic carbocycles. The summed E-state index contributed by atoms with van der Waals surface area (Å²) in [5.41, 5.74) is 1.46. The number of likely N-dealkylation sites (tertiary alicyclic amines) is 1. The summed E-state index contributed by atoms with van der Waals surface area (Å²) in [5.74, 6) is 0.838. The molecule has 0 radical (unpaired) electrons. The molecule has 1 N–H and O–H groups in total. The number of benzene rings is 2. The predicted molar refractivity (Wildman–Crippen MR) is 104 cm³/mol. The molecule has 1 unspecified atom stereocenters. The molecule has 1 spiro atoms. The Hall–Kier alpha value is -3.02. The fourth-order valence-corrected chi connectivity index (χ4v) is 4.02. The highest BCUT2D eigenvalue weighted by Crippen LogP contribution is 2.42. The van der Waals surface area contributed by atoms with Crippen LogP contribution >= 0.6 is 0 Å². The fourth-order valence-electron chi connectivity index (χ4n) is 4.02. The molecule has 2 heterocycles. The van der Waals surface area contributed by atoms with E-state index in [0.717, 1.165) is 23.5 Å². The first-order valence-corrected chi connectivity index (χ1v) is 9.14. The van der Waals surface area contributed by atoms with Crippen LogP contribution in [0.4, 0.5) is 16.2 Å². The number of carbonyl (C=O) groups is 2. The average molecular weight is 365 g/mol. The van der Waals surface area contributed by atoms with E-state index in [2.05, 4.69) is 5.32 Å². The molecule has 2 aliphatic heterocycles. The molecule has 140 valence electrons. The number of carbonyl (C=O) groups excluding carboxylic acids is 2. The smallest absolute Gasteiger partial charge is 0.321 e. The maximum absolute atomic E-state index is 12.7. The summed E-state index contributed by atoms with van der Waals surface area (Å²) in [6.45, 7) is 1.89. The summed E-state index contributed by atoms with van der Waals surface area (Å²) in [6, 6.07) is 16.9. The standard InChI is InChI=1S/C21H23N3O3/c1-27-18-9-5-8-17(12-18)24-15-21(13-19(24)25)10-11-23(14-21)20(26)22-16-6-3-2-4-7-16/h2-9,12H,10-11,13-15H2,1H3,(H,22,26). The van der Waals surface area contributed by atoms with Crippen molar-refractivity contribution in [3.63, 3.8) is 0 Å². The Morgan fingerprint density at radius 1 is 1.11 bits per heavy atom. The van der Waals surface area contributed by atoms with Crippen molar-refractivity contribution in [3.05, 3.63) is 54.6 Å². The highest BCUT2D eigenvalue weighted by atomic mass is 16.5. The normalized spacial score (nSPS) is 21.7. The number of nitrogens with one attached hydrogen (secondary N) is 1. The Morgan fingerprint density at radius 2 is 1.93 bits per heavy atom. The average Bonchev–Trinajstić information content (AvgIpc) is 3.25. The van der Waals surface area contributed by atoms with Crippen molar-refractivity contribution in [2.45, 2.75) is 12.8 Å². The lowest BCUT2D eigenvalue weighted by Crippen LogP contribution is -2.36. The maximum Gasteiger partial charge on any atom is 0.321 e. The van der Waals surface area contributed by atoms with E-state index in [1.165, 1.54) is 0 Å². The second kappa shape index (κ2) is 6.95. The number of nitrogens with zero attached hydrogens (tertiary/aromatic N) is 2. The molecular formula is C21H23N3O3. The van der Waals surface area contributed by atoms with Gasteiger partial charge < -0.3 is 19.9 Å². The summed E-state index contributed by atoms with van der Waals surface area (Å²) >= 11 is 0. The summed E-state index contributed by atoms with van der Waals surface area (Å²) < 4.78 is 5.27. The molecule has 2 fully saturated rings. The van der Waals surface area contributed by atoms with Crippen LogP contribution in [0.2, 0.25) is 0 Å². The zero-order valence-corrected chi connectivity index (χ0v) is 15.4. The van der Waals surface area contributed by atoms with Gasteiger partial charge in [0, 0.05) is 48.9 Å². The predicted octanol–water partition coefficient (Wildman–Crippen LogP) is 3.36. The monoisotopic (exact) mass is 365 g/mol. The van der Waals surface area contributed by atoms with Gasteiger partial charge in [0.25, 0.3) is 0 Å². The topological polar surface area (TPSA) is 61.9 Å². The Kier molecular flexibility index (Phi) is 4.48. The van der Waals surface area contributed by atoms with Crippen molar-refractivity contribution < 1.29 is 14.3 Å². The van der Waals surface area contributed by atoms with Gasteiger partial charge in [-0.25, -0.2) is 4.79 Å². The maximum atomic E-state index is 12.7. The van der Waals surface area contributed by atoms with Crippen molar-refractivity contribution in [1.82, 2.24) is 4.90 Å². The van der Waals surface area contributed by atoms with Crippen molar-refractivity contribution >= 4 is 23.3 Å². The first kappa shape index (κ1) is 17.4. The van der Waals surface area contributed by atoms with Crippen LogP contribution in [0.15, 0.2) is 54.6 Å². The molecule has 0 saturated carbocycles. The molecule has 0 aromatic heterocycles. The van der Waals surface area contributed by atoms with E-state index in [-0.39, 0.29) is 17.4 Å². The van der Waals surface area contributed by atoms with Crippen LogP contribution < -0.4 is 15.0 Å². The number of hydrogen-bond donors (Lipinski definition) is 1. The SMILES string of the molecule is COc1cccc(N2CC3(CCN(C(=O)Nc4ccccc4)C3)CC2=O)c1. The third-order valence-corrected chi connectivity index (χ3v) is 5.44. The molecule has 6 nitrogen and oxygen atoms in total. The Bertz CT molecular complexity index is 855. The molecule has 2 aliphatic rings. The molecular weight excluding hydrogens is 342 g/mol. The fraction of sp³-hybridized carbons (Fsp3) is 0.333.